The van der Waals surface area contributed by atoms with E-state index in [0.29, 0.717) is 36.8 Å². The first-order valence-electron chi connectivity index (χ1n) is 7.95. The summed E-state index contributed by atoms with van der Waals surface area (Å²) in [6, 6.07) is 11.8. The van der Waals surface area contributed by atoms with Crippen molar-refractivity contribution in [2.45, 2.75) is 12.3 Å². The number of halogens is 1. The molecule has 25 heavy (non-hydrogen) atoms. The number of hydrogen-bond donors (Lipinski definition) is 0. The summed E-state index contributed by atoms with van der Waals surface area (Å²) in [5.41, 5.74) is 1.71. The van der Waals surface area contributed by atoms with Gasteiger partial charge in [0.25, 0.3) is 5.91 Å². The summed E-state index contributed by atoms with van der Waals surface area (Å²) in [6.07, 6.45) is 3.87. The molecular weight excluding hydrogens is 384 g/mol. The van der Waals surface area contributed by atoms with Gasteiger partial charge in [-0.1, -0.05) is 35.5 Å². The highest BCUT2D eigenvalue weighted by Crippen LogP contribution is 2.27. The Kier molecular flexibility index (Phi) is 4.31. The summed E-state index contributed by atoms with van der Waals surface area (Å²) < 4.78 is 6.16. The van der Waals surface area contributed by atoms with Crippen molar-refractivity contribution in [1.29, 1.82) is 0 Å². The lowest BCUT2D eigenvalue weighted by Gasteiger charge is -2.37. The number of carbonyl (C=O) groups is 1. The Balaban J connectivity index is 1.37. The van der Waals surface area contributed by atoms with Gasteiger partial charge in [-0.15, -0.1) is 0 Å². The molecule has 0 atom stereocenters. The summed E-state index contributed by atoms with van der Waals surface area (Å²) >= 11 is 3.33. The van der Waals surface area contributed by atoms with Crippen molar-refractivity contribution >= 4 is 21.8 Å². The smallest absolute Gasteiger partial charge is 0.255 e. The fraction of sp³-hybridized carbons (Fsp3) is 0.222. The molecule has 0 spiro atoms. The lowest BCUT2D eigenvalue weighted by Crippen LogP contribution is -2.48. The zero-order valence-corrected chi connectivity index (χ0v) is 14.9. The zero-order chi connectivity index (χ0) is 17.2. The maximum Gasteiger partial charge on any atom is 0.255 e. The van der Waals surface area contributed by atoms with Crippen molar-refractivity contribution in [3.05, 3.63) is 76.1 Å². The van der Waals surface area contributed by atoms with Crippen LogP contribution in [0.1, 0.15) is 33.6 Å². The van der Waals surface area contributed by atoms with Crippen LogP contribution in [0.2, 0.25) is 0 Å². The van der Waals surface area contributed by atoms with Gasteiger partial charge in [0.15, 0.2) is 5.82 Å². The highest BCUT2D eigenvalue weighted by atomic mass is 79.9. The number of rotatable bonds is 4. The Labute approximate surface area is 153 Å². The highest BCUT2D eigenvalue weighted by molar-refractivity contribution is 9.10. The van der Waals surface area contributed by atoms with Gasteiger partial charge in [0.1, 0.15) is 0 Å². The lowest BCUT2D eigenvalue weighted by molar-refractivity contribution is 0.0568. The van der Waals surface area contributed by atoms with E-state index in [4.69, 9.17) is 4.52 Å². The molecule has 1 amide bonds. The van der Waals surface area contributed by atoms with Crippen LogP contribution in [-0.2, 0) is 6.42 Å². The number of pyridine rings is 1. The van der Waals surface area contributed by atoms with E-state index < -0.39 is 0 Å². The summed E-state index contributed by atoms with van der Waals surface area (Å²) in [6.45, 7) is 1.16. The number of carbonyl (C=O) groups excluding carboxylic acids is 1. The molecule has 1 fully saturated rings. The van der Waals surface area contributed by atoms with Gasteiger partial charge in [-0.2, -0.15) is 4.98 Å². The molecule has 1 aliphatic heterocycles. The molecule has 0 radical (unpaired) electrons. The molecule has 4 rings (SSSR count). The highest BCUT2D eigenvalue weighted by Gasteiger charge is 2.36. The first-order chi connectivity index (χ1) is 12.2. The monoisotopic (exact) mass is 398 g/mol. The molecule has 126 valence electrons. The van der Waals surface area contributed by atoms with E-state index >= 15 is 0 Å². The maximum atomic E-state index is 12.4. The zero-order valence-electron chi connectivity index (χ0n) is 13.3. The van der Waals surface area contributed by atoms with Gasteiger partial charge in [0.05, 0.1) is 11.5 Å². The molecule has 0 unspecified atom stereocenters. The van der Waals surface area contributed by atoms with Crippen molar-refractivity contribution in [2.24, 2.45) is 0 Å². The molecular formula is C18H15BrN4O2. The van der Waals surface area contributed by atoms with Crippen molar-refractivity contribution in [1.82, 2.24) is 20.0 Å². The van der Waals surface area contributed by atoms with E-state index in [9.17, 15) is 4.79 Å². The first kappa shape index (κ1) is 16.0. The summed E-state index contributed by atoms with van der Waals surface area (Å²) in [4.78, 5) is 22.7. The fourth-order valence-corrected chi connectivity index (χ4v) is 3.16. The van der Waals surface area contributed by atoms with Gasteiger partial charge < -0.3 is 9.42 Å². The second kappa shape index (κ2) is 6.76. The Morgan fingerprint density at radius 3 is 2.80 bits per heavy atom. The predicted molar refractivity (Wildman–Crippen MR) is 94.1 cm³/mol. The van der Waals surface area contributed by atoms with Crippen LogP contribution in [-0.4, -0.2) is 39.0 Å². The number of hydrogen-bond acceptors (Lipinski definition) is 5. The average Bonchev–Trinajstić information content (AvgIpc) is 3.02. The minimum atomic E-state index is -0.0333. The molecule has 2 aromatic heterocycles. The van der Waals surface area contributed by atoms with E-state index in [2.05, 4.69) is 31.1 Å². The largest absolute Gasteiger partial charge is 0.339 e. The van der Waals surface area contributed by atoms with Gasteiger partial charge in [0, 0.05) is 36.4 Å². The molecule has 1 aromatic carbocycles. The van der Waals surface area contributed by atoms with Crippen LogP contribution in [0.25, 0.3) is 0 Å². The van der Waals surface area contributed by atoms with Gasteiger partial charge in [-0.25, -0.2) is 0 Å². The third-order valence-corrected chi connectivity index (χ3v) is 4.59. The van der Waals surface area contributed by atoms with E-state index in [1.807, 2.05) is 30.3 Å². The molecule has 0 N–H and O–H groups in total. The second-order valence-corrected chi connectivity index (χ2v) is 6.93. The predicted octanol–water partition coefficient (Wildman–Crippen LogP) is 3.06. The van der Waals surface area contributed by atoms with Gasteiger partial charge in [0.2, 0.25) is 5.89 Å². The van der Waals surface area contributed by atoms with Crippen LogP contribution in [0.5, 0.6) is 0 Å². The first-order valence-corrected chi connectivity index (χ1v) is 8.74. The van der Waals surface area contributed by atoms with Crippen molar-refractivity contribution in [3.63, 3.8) is 0 Å². The number of likely N-dealkylation sites (tertiary alicyclic amines) is 1. The molecule has 1 saturated heterocycles. The molecule has 1 aliphatic rings. The number of amides is 1. The van der Waals surface area contributed by atoms with Crippen LogP contribution < -0.4 is 0 Å². The summed E-state index contributed by atoms with van der Waals surface area (Å²) in [5.74, 6) is 1.33. The quantitative estimate of drug-likeness (QED) is 0.675. The van der Waals surface area contributed by atoms with Gasteiger partial charge in [-0.3, -0.25) is 9.78 Å². The van der Waals surface area contributed by atoms with Crippen LogP contribution in [0, 0.1) is 0 Å². The number of benzene rings is 1. The topological polar surface area (TPSA) is 72.1 Å². The Morgan fingerprint density at radius 2 is 2.04 bits per heavy atom. The molecule has 6 nitrogen and oxygen atoms in total. The molecule has 3 heterocycles. The molecule has 3 aromatic rings. The Bertz CT molecular complexity index is 891. The lowest BCUT2D eigenvalue weighted by atomic mass is 9.99. The van der Waals surface area contributed by atoms with Crippen molar-refractivity contribution < 1.29 is 9.32 Å². The summed E-state index contributed by atoms with van der Waals surface area (Å²) in [5, 5.41) is 4.05. The van der Waals surface area contributed by atoms with E-state index in [1.165, 1.54) is 0 Å². The van der Waals surface area contributed by atoms with Crippen LogP contribution in [0.15, 0.2) is 57.8 Å². The van der Waals surface area contributed by atoms with Crippen LogP contribution in [0.3, 0.4) is 0 Å². The minimum absolute atomic E-state index is 0.0333. The van der Waals surface area contributed by atoms with E-state index in [0.717, 1.165) is 10.0 Å². The van der Waals surface area contributed by atoms with Gasteiger partial charge >= 0.3 is 0 Å². The summed E-state index contributed by atoms with van der Waals surface area (Å²) in [7, 11) is 0. The molecule has 7 heteroatoms. The minimum Gasteiger partial charge on any atom is -0.339 e. The Morgan fingerprint density at radius 1 is 1.24 bits per heavy atom. The van der Waals surface area contributed by atoms with Crippen molar-refractivity contribution in [3.8, 4) is 0 Å². The van der Waals surface area contributed by atoms with Gasteiger partial charge in [-0.05, 0) is 27.6 Å². The third-order valence-electron chi connectivity index (χ3n) is 4.16. The van der Waals surface area contributed by atoms with Crippen molar-refractivity contribution in [2.75, 3.05) is 13.1 Å². The molecule has 0 saturated carbocycles. The standard InChI is InChI=1S/C18H15BrN4O2/c19-15-7-13(8-20-9-15)18(24)23-10-14(11-23)17-21-16(22-25-17)6-12-4-2-1-3-5-12/h1-5,7-9,14H,6,10-11H2. The normalized spacial score (nSPS) is 14.4. The number of aromatic nitrogens is 3. The maximum absolute atomic E-state index is 12.4. The van der Waals surface area contributed by atoms with Crippen LogP contribution >= 0.6 is 15.9 Å². The number of nitrogens with zero attached hydrogens (tertiary/aromatic N) is 4. The van der Waals surface area contributed by atoms with E-state index in [1.54, 1.807) is 23.4 Å². The fourth-order valence-electron chi connectivity index (χ4n) is 2.80. The van der Waals surface area contributed by atoms with Crippen LogP contribution in [0.4, 0.5) is 0 Å². The average molecular weight is 399 g/mol. The Hall–Kier alpha value is -2.54. The SMILES string of the molecule is O=C(c1cncc(Br)c1)N1CC(c2nc(Cc3ccccc3)no2)C1. The van der Waals surface area contributed by atoms with E-state index in [-0.39, 0.29) is 11.8 Å². The molecule has 0 bridgehead atoms. The second-order valence-electron chi connectivity index (χ2n) is 6.01. The third kappa shape index (κ3) is 3.46. The molecule has 0 aliphatic carbocycles.